The molecule has 0 aliphatic carbocycles. The van der Waals surface area contributed by atoms with Crippen molar-refractivity contribution in [2.75, 3.05) is 13.2 Å². The number of hydrogen-bond acceptors (Lipinski definition) is 10. The van der Waals surface area contributed by atoms with Crippen molar-refractivity contribution in [3.05, 3.63) is 36.5 Å². The number of amides is 1. The number of esters is 1. The Labute approximate surface area is 466 Å². The molecule has 8 unspecified atom stereocenters. The van der Waals surface area contributed by atoms with Gasteiger partial charge in [0.05, 0.1) is 25.4 Å². The number of allylic oxidation sites excluding steroid dienone is 5. The van der Waals surface area contributed by atoms with Crippen LogP contribution in [0.3, 0.4) is 0 Å². The molecule has 76 heavy (non-hydrogen) atoms. The number of aliphatic hydroxyl groups is 5. The molecule has 1 aliphatic rings. The fourth-order valence-corrected chi connectivity index (χ4v) is 10.1. The lowest BCUT2D eigenvalue weighted by molar-refractivity contribution is -0.305. The van der Waals surface area contributed by atoms with Crippen molar-refractivity contribution in [1.29, 1.82) is 0 Å². The molecule has 446 valence electrons. The Bertz CT molecular complexity index is 1380. The minimum absolute atomic E-state index is 0.105. The van der Waals surface area contributed by atoms with E-state index in [1.165, 1.54) is 193 Å². The maximum Gasteiger partial charge on any atom is 0.306 e. The Kier molecular flexibility index (Phi) is 50.6. The number of carbonyl (C=O) groups excluding carboxylic acids is 2. The molecule has 0 aromatic carbocycles. The number of nitrogens with one attached hydrogen (secondary N) is 1. The fourth-order valence-electron chi connectivity index (χ4n) is 10.1. The van der Waals surface area contributed by atoms with Gasteiger partial charge in [-0.1, -0.05) is 256 Å². The first-order valence-electron chi connectivity index (χ1n) is 32.3. The van der Waals surface area contributed by atoms with Crippen LogP contribution in [0.5, 0.6) is 0 Å². The highest BCUT2D eigenvalue weighted by atomic mass is 16.7. The molecule has 8 atom stereocenters. The zero-order chi connectivity index (χ0) is 55.4. The lowest BCUT2D eigenvalue weighted by atomic mass is 9.99. The highest BCUT2D eigenvalue weighted by Gasteiger charge is 2.47. The molecule has 0 spiro atoms. The van der Waals surface area contributed by atoms with Crippen LogP contribution in [0.25, 0.3) is 0 Å². The van der Waals surface area contributed by atoms with Crippen LogP contribution in [0.4, 0.5) is 0 Å². The maximum absolute atomic E-state index is 13.4. The molecule has 0 aromatic heterocycles. The van der Waals surface area contributed by atoms with Crippen LogP contribution >= 0.6 is 0 Å². The van der Waals surface area contributed by atoms with Crippen LogP contribution in [-0.4, -0.2) is 99.6 Å². The molecule has 11 heteroatoms. The first-order valence-corrected chi connectivity index (χ1v) is 32.3. The molecule has 1 saturated heterocycles. The SMILES string of the molecule is CCCCCCCC/C=C/CCCCCCCCCCCCC(O)C(=O)NC(COC1OC(CO)C(O)C(O)C1OC(=O)CCCCC/C=C\CCCCCCCCC)C(O)/C=C/CCCCCCCCCCCCC. The van der Waals surface area contributed by atoms with Gasteiger partial charge in [0.2, 0.25) is 5.91 Å². The summed E-state index contributed by atoms with van der Waals surface area (Å²) in [5.41, 5.74) is 0. The molecule has 1 amide bonds. The maximum atomic E-state index is 13.4. The van der Waals surface area contributed by atoms with Crippen LogP contribution in [0.2, 0.25) is 0 Å². The fraction of sp³-hybridized carbons (Fsp3) is 0.877. The van der Waals surface area contributed by atoms with Gasteiger partial charge in [0.15, 0.2) is 12.4 Å². The summed E-state index contributed by atoms with van der Waals surface area (Å²) in [4.78, 5) is 26.5. The van der Waals surface area contributed by atoms with Crippen molar-refractivity contribution < 1.29 is 49.3 Å². The summed E-state index contributed by atoms with van der Waals surface area (Å²) in [5.74, 6) is -1.20. The van der Waals surface area contributed by atoms with Gasteiger partial charge in [-0.2, -0.15) is 0 Å². The molecule has 1 fully saturated rings. The van der Waals surface area contributed by atoms with Crippen molar-refractivity contribution in [3.63, 3.8) is 0 Å². The predicted octanol–water partition coefficient (Wildman–Crippen LogP) is 15.5. The van der Waals surface area contributed by atoms with Gasteiger partial charge >= 0.3 is 5.97 Å². The second-order valence-corrected chi connectivity index (χ2v) is 22.5. The van der Waals surface area contributed by atoms with E-state index < -0.39 is 67.4 Å². The van der Waals surface area contributed by atoms with Crippen LogP contribution in [0.15, 0.2) is 36.5 Å². The molecule has 1 heterocycles. The van der Waals surface area contributed by atoms with E-state index in [-0.39, 0.29) is 13.0 Å². The summed E-state index contributed by atoms with van der Waals surface area (Å²) in [6, 6.07) is -1.02. The van der Waals surface area contributed by atoms with Gasteiger partial charge in [0.1, 0.15) is 24.4 Å². The minimum Gasteiger partial charge on any atom is -0.454 e. The van der Waals surface area contributed by atoms with E-state index in [1.807, 2.05) is 6.08 Å². The Morgan fingerprint density at radius 3 is 1.28 bits per heavy atom. The molecule has 1 aliphatic heterocycles. The van der Waals surface area contributed by atoms with E-state index in [0.717, 1.165) is 64.2 Å². The Morgan fingerprint density at radius 2 is 0.868 bits per heavy atom. The number of aliphatic hydroxyl groups excluding tert-OH is 5. The predicted molar refractivity (Wildman–Crippen MR) is 315 cm³/mol. The van der Waals surface area contributed by atoms with Gasteiger partial charge in [0, 0.05) is 6.42 Å². The quantitative estimate of drug-likeness (QED) is 0.0195. The summed E-state index contributed by atoms with van der Waals surface area (Å²) >= 11 is 0. The molecule has 11 nitrogen and oxygen atoms in total. The monoisotopic (exact) mass is 1080 g/mol. The van der Waals surface area contributed by atoms with Crippen LogP contribution in [-0.2, 0) is 23.8 Å². The van der Waals surface area contributed by atoms with Crippen LogP contribution in [0.1, 0.15) is 303 Å². The first kappa shape index (κ1) is 71.9. The van der Waals surface area contributed by atoms with Gasteiger partial charge < -0.3 is 45.1 Å². The minimum atomic E-state index is -1.62. The van der Waals surface area contributed by atoms with Gasteiger partial charge in [-0.3, -0.25) is 9.59 Å². The second kappa shape index (κ2) is 53.5. The highest BCUT2D eigenvalue weighted by molar-refractivity contribution is 5.80. The van der Waals surface area contributed by atoms with Crippen molar-refractivity contribution in [2.24, 2.45) is 0 Å². The van der Waals surface area contributed by atoms with Crippen molar-refractivity contribution in [2.45, 2.75) is 352 Å². The highest BCUT2D eigenvalue weighted by Crippen LogP contribution is 2.26. The van der Waals surface area contributed by atoms with E-state index in [2.05, 4.69) is 50.4 Å². The lowest BCUT2D eigenvalue weighted by Gasteiger charge is -2.41. The summed E-state index contributed by atoms with van der Waals surface area (Å²) in [5, 5.41) is 57.0. The second-order valence-electron chi connectivity index (χ2n) is 22.5. The number of carbonyl (C=O) groups is 2. The standard InChI is InChI=1S/C65H121NO10/c1-4-7-10-13-16-19-22-25-27-28-29-30-31-32-34-37-40-43-46-49-52-58(69)64(73)66-56(57(68)51-48-45-42-39-36-33-24-21-18-15-12-9-6-3)55-74-65-63(62(72)61(71)59(54-67)75-65)76-60(70)53-50-47-44-41-38-35-26-23-20-17-14-11-8-5-2/h25,27,35,38,48,51,56-59,61-63,65,67-69,71-72H,4-24,26,28-34,36-37,39-47,49-50,52-55H2,1-3H3,(H,66,73)/b27-25+,38-35-,51-48+. The summed E-state index contributed by atoms with van der Waals surface area (Å²) in [6.07, 6.45) is 53.3. The third-order valence-electron chi connectivity index (χ3n) is 15.3. The van der Waals surface area contributed by atoms with Crippen molar-refractivity contribution in [1.82, 2.24) is 5.32 Å². The molecule has 0 radical (unpaired) electrons. The molecular formula is C65H121NO10. The largest absolute Gasteiger partial charge is 0.454 e. The molecule has 1 rings (SSSR count). The smallest absolute Gasteiger partial charge is 0.306 e. The van der Waals surface area contributed by atoms with E-state index in [4.69, 9.17) is 14.2 Å². The van der Waals surface area contributed by atoms with Crippen molar-refractivity contribution >= 4 is 11.9 Å². The molecule has 6 N–H and O–H groups in total. The average Bonchev–Trinajstić information content (AvgIpc) is 3.42. The molecule has 0 bridgehead atoms. The molecular weight excluding hydrogens is 955 g/mol. The third-order valence-corrected chi connectivity index (χ3v) is 15.3. The van der Waals surface area contributed by atoms with E-state index >= 15 is 0 Å². The number of ether oxygens (including phenoxy) is 3. The van der Waals surface area contributed by atoms with Crippen molar-refractivity contribution in [3.8, 4) is 0 Å². The first-order chi connectivity index (χ1) is 37.2. The van der Waals surface area contributed by atoms with E-state index in [1.54, 1.807) is 6.08 Å². The zero-order valence-electron chi connectivity index (χ0n) is 49.4. The summed E-state index contributed by atoms with van der Waals surface area (Å²) in [7, 11) is 0. The lowest BCUT2D eigenvalue weighted by Crippen LogP contribution is -2.61. The number of hydrogen-bond donors (Lipinski definition) is 6. The normalized spacial score (nSPS) is 19.3. The van der Waals surface area contributed by atoms with E-state index in [9.17, 15) is 35.1 Å². The number of rotatable bonds is 55. The topological polar surface area (TPSA) is 175 Å². The van der Waals surface area contributed by atoms with Crippen LogP contribution in [0, 0.1) is 0 Å². The van der Waals surface area contributed by atoms with Gasteiger partial charge in [0.25, 0.3) is 0 Å². The molecule has 0 saturated carbocycles. The molecule has 0 aromatic rings. The van der Waals surface area contributed by atoms with E-state index in [0.29, 0.717) is 19.3 Å². The third kappa shape index (κ3) is 41.0. The number of unbranched alkanes of at least 4 members (excludes halogenated alkanes) is 37. The van der Waals surface area contributed by atoms with Gasteiger partial charge in [-0.15, -0.1) is 0 Å². The summed E-state index contributed by atoms with van der Waals surface area (Å²) < 4.78 is 17.6. The Hall–Kier alpha value is -2.12. The average molecular weight is 1080 g/mol. The Morgan fingerprint density at radius 1 is 0.500 bits per heavy atom. The van der Waals surface area contributed by atoms with Crippen LogP contribution < -0.4 is 5.32 Å². The summed E-state index contributed by atoms with van der Waals surface area (Å²) in [6.45, 7) is 5.80. The Balaban J connectivity index is 2.67. The zero-order valence-corrected chi connectivity index (χ0v) is 49.4. The van der Waals surface area contributed by atoms with Gasteiger partial charge in [-0.25, -0.2) is 0 Å². The van der Waals surface area contributed by atoms with Gasteiger partial charge in [-0.05, 0) is 77.0 Å².